The molecule has 0 radical (unpaired) electrons. The van der Waals surface area contributed by atoms with Crippen LogP contribution in [0.2, 0.25) is 0 Å². The van der Waals surface area contributed by atoms with Crippen LogP contribution in [0, 0.1) is 0 Å². The van der Waals surface area contributed by atoms with E-state index in [0.29, 0.717) is 12.2 Å². The topological polar surface area (TPSA) is 107 Å². The molecule has 0 fully saturated rings. The molecule has 106 valence electrons. The maximum atomic E-state index is 11.3. The zero-order valence-corrected chi connectivity index (χ0v) is 11.5. The SMILES string of the molecule is Nc1cc(S(N)(=O)=O)ccc1N1CCn2ccnc2C1. The number of nitrogens with zero attached hydrogens (tertiary/aromatic N) is 3. The highest BCUT2D eigenvalue weighted by atomic mass is 32.2. The molecule has 1 aromatic carbocycles. The molecule has 0 saturated heterocycles. The number of primary sulfonamides is 1. The summed E-state index contributed by atoms with van der Waals surface area (Å²) in [5, 5.41) is 5.09. The molecule has 0 amide bonds. The zero-order chi connectivity index (χ0) is 14.3. The van der Waals surface area contributed by atoms with Gasteiger partial charge < -0.3 is 15.2 Å². The van der Waals surface area contributed by atoms with Gasteiger partial charge >= 0.3 is 0 Å². The molecule has 0 aliphatic carbocycles. The highest BCUT2D eigenvalue weighted by Gasteiger charge is 2.19. The molecule has 0 saturated carbocycles. The Labute approximate surface area is 116 Å². The van der Waals surface area contributed by atoms with Gasteiger partial charge in [0.05, 0.1) is 22.8 Å². The summed E-state index contributed by atoms with van der Waals surface area (Å²) < 4.78 is 24.7. The fraction of sp³-hybridized carbons (Fsp3) is 0.250. The smallest absolute Gasteiger partial charge is 0.238 e. The third-order valence-electron chi connectivity index (χ3n) is 3.41. The number of nitrogen functional groups attached to an aromatic ring is 1. The number of imidazole rings is 1. The van der Waals surface area contributed by atoms with E-state index < -0.39 is 10.0 Å². The number of anilines is 2. The second-order valence-corrected chi connectivity index (χ2v) is 6.29. The Bertz CT molecular complexity index is 753. The van der Waals surface area contributed by atoms with Crippen LogP contribution in [0.1, 0.15) is 5.82 Å². The quantitative estimate of drug-likeness (QED) is 0.765. The van der Waals surface area contributed by atoms with Gasteiger partial charge in [0.2, 0.25) is 10.0 Å². The van der Waals surface area contributed by atoms with Crippen LogP contribution in [0.25, 0.3) is 0 Å². The van der Waals surface area contributed by atoms with Crippen molar-refractivity contribution in [2.24, 2.45) is 5.14 Å². The Morgan fingerprint density at radius 2 is 2.05 bits per heavy atom. The van der Waals surface area contributed by atoms with Crippen molar-refractivity contribution < 1.29 is 8.42 Å². The number of aromatic nitrogens is 2. The lowest BCUT2D eigenvalue weighted by Crippen LogP contribution is -2.34. The Balaban J connectivity index is 1.93. The van der Waals surface area contributed by atoms with Gasteiger partial charge in [-0.2, -0.15) is 0 Å². The van der Waals surface area contributed by atoms with Crippen LogP contribution in [0.4, 0.5) is 11.4 Å². The van der Waals surface area contributed by atoms with Crippen LogP contribution in [0.5, 0.6) is 0 Å². The lowest BCUT2D eigenvalue weighted by atomic mass is 10.2. The van der Waals surface area contributed by atoms with Crippen LogP contribution >= 0.6 is 0 Å². The summed E-state index contributed by atoms with van der Waals surface area (Å²) in [6.07, 6.45) is 3.71. The summed E-state index contributed by atoms with van der Waals surface area (Å²) in [5.74, 6) is 0.964. The first-order valence-electron chi connectivity index (χ1n) is 6.12. The maximum absolute atomic E-state index is 11.3. The third kappa shape index (κ3) is 2.23. The maximum Gasteiger partial charge on any atom is 0.238 e. The first-order chi connectivity index (χ1) is 9.45. The molecule has 3 rings (SSSR count). The number of sulfonamides is 1. The van der Waals surface area contributed by atoms with Crippen LogP contribution in [-0.2, 0) is 23.1 Å². The van der Waals surface area contributed by atoms with E-state index in [4.69, 9.17) is 10.9 Å². The Morgan fingerprint density at radius 1 is 1.25 bits per heavy atom. The number of hydrogen-bond acceptors (Lipinski definition) is 5. The van der Waals surface area contributed by atoms with Gasteiger partial charge in [-0.3, -0.25) is 0 Å². The van der Waals surface area contributed by atoms with Crippen LogP contribution in [0.15, 0.2) is 35.5 Å². The van der Waals surface area contributed by atoms with Gasteiger partial charge in [-0.25, -0.2) is 18.5 Å². The second-order valence-electron chi connectivity index (χ2n) is 4.72. The lowest BCUT2D eigenvalue weighted by molar-refractivity contribution is 0.560. The molecular formula is C12H15N5O2S. The summed E-state index contributed by atoms with van der Waals surface area (Å²) in [5.41, 5.74) is 7.15. The average Bonchev–Trinajstić information content (AvgIpc) is 2.84. The van der Waals surface area contributed by atoms with Gasteiger partial charge in [0.25, 0.3) is 0 Å². The van der Waals surface area contributed by atoms with Crippen molar-refractivity contribution in [3.05, 3.63) is 36.4 Å². The Hall–Kier alpha value is -2.06. The molecule has 7 nitrogen and oxygen atoms in total. The van der Waals surface area contributed by atoms with Crippen molar-refractivity contribution in [1.82, 2.24) is 9.55 Å². The number of benzene rings is 1. The summed E-state index contributed by atoms with van der Waals surface area (Å²) in [7, 11) is -3.73. The molecule has 4 N–H and O–H groups in total. The van der Waals surface area contributed by atoms with Gasteiger partial charge in [0.15, 0.2) is 0 Å². The van der Waals surface area contributed by atoms with Crippen molar-refractivity contribution in [3.63, 3.8) is 0 Å². The fourth-order valence-electron chi connectivity index (χ4n) is 2.38. The predicted octanol–water partition coefficient (Wildman–Crippen LogP) is 0.133. The van der Waals surface area contributed by atoms with Gasteiger partial charge in [0, 0.05) is 25.5 Å². The normalized spacial score (nSPS) is 15.2. The van der Waals surface area contributed by atoms with Crippen molar-refractivity contribution in [1.29, 1.82) is 0 Å². The van der Waals surface area contributed by atoms with E-state index >= 15 is 0 Å². The summed E-state index contributed by atoms with van der Waals surface area (Å²) in [4.78, 5) is 6.38. The van der Waals surface area contributed by atoms with Gasteiger partial charge in [-0.05, 0) is 18.2 Å². The van der Waals surface area contributed by atoms with E-state index in [1.165, 1.54) is 12.1 Å². The molecule has 0 spiro atoms. The molecule has 1 aliphatic heterocycles. The molecule has 0 bridgehead atoms. The molecule has 0 unspecified atom stereocenters. The molecular weight excluding hydrogens is 278 g/mol. The standard InChI is InChI=1S/C12H15N5O2S/c13-10-7-9(20(14,18)19)1-2-11(10)17-6-5-16-4-3-15-12(16)8-17/h1-4,7H,5-6,8,13H2,(H2,14,18,19). The van der Waals surface area contributed by atoms with Crippen molar-refractivity contribution >= 4 is 21.4 Å². The van der Waals surface area contributed by atoms with E-state index in [1.807, 2.05) is 6.20 Å². The zero-order valence-electron chi connectivity index (χ0n) is 10.7. The second kappa shape index (κ2) is 4.50. The van der Waals surface area contributed by atoms with E-state index in [-0.39, 0.29) is 4.90 Å². The van der Waals surface area contributed by atoms with Crippen molar-refractivity contribution in [2.45, 2.75) is 18.0 Å². The summed E-state index contributed by atoms with van der Waals surface area (Å²) in [6.45, 7) is 2.26. The summed E-state index contributed by atoms with van der Waals surface area (Å²) >= 11 is 0. The highest BCUT2D eigenvalue weighted by Crippen LogP contribution is 2.28. The van der Waals surface area contributed by atoms with Gasteiger partial charge in [-0.15, -0.1) is 0 Å². The molecule has 0 atom stereocenters. The monoisotopic (exact) mass is 293 g/mol. The number of fused-ring (bicyclic) bond motifs is 1. The highest BCUT2D eigenvalue weighted by molar-refractivity contribution is 7.89. The van der Waals surface area contributed by atoms with Crippen LogP contribution in [0.3, 0.4) is 0 Å². The first-order valence-corrected chi connectivity index (χ1v) is 7.67. The van der Waals surface area contributed by atoms with Crippen LogP contribution < -0.4 is 15.8 Å². The number of hydrogen-bond donors (Lipinski definition) is 2. The lowest BCUT2D eigenvalue weighted by Gasteiger charge is -2.30. The molecule has 8 heteroatoms. The van der Waals surface area contributed by atoms with Crippen molar-refractivity contribution in [2.75, 3.05) is 17.2 Å². The van der Waals surface area contributed by atoms with E-state index in [2.05, 4.69) is 14.5 Å². The Morgan fingerprint density at radius 3 is 2.75 bits per heavy atom. The Kier molecular flexibility index (Phi) is 2.91. The first kappa shape index (κ1) is 12.9. The minimum Gasteiger partial charge on any atom is -0.397 e. The van der Waals surface area contributed by atoms with Crippen molar-refractivity contribution in [3.8, 4) is 0 Å². The largest absolute Gasteiger partial charge is 0.397 e. The molecule has 2 aromatic rings. The van der Waals surface area contributed by atoms with E-state index in [9.17, 15) is 8.42 Å². The molecule has 2 heterocycles. The molecule has 1 aromatic heterocycles. The third-order valence-corrected chi connectivity index (χ3v) is 4.32. The van der Waals surface area contributed by atoms with E-state index in [0.717, 1.165) is 24.6 Å². The number of rotatable bonds is 2. The van der Waals surface area contributed by atoms with Crippen LogP contribution in [-0.4, -0.2) is 24.5 Å². The average molecular weight is 293 g/mol. The molecule has 20 heavy (non-hydrogen) atoms. The minimum absolute atomic E-state index is 0.0252. The molecule has 1 aliphatic rings. The summed E-state index contributed by atoms with van der Waals surface area (Å²) in [6, 6.07) is 4.56. The van der Waals surface area contributed by atoms with E-state index in [1.54, 1.807) is 12.3 Å². The minimum atomic E-state index is -3.73. The van der Waals surface area contributed by atoms with Gasteiger partial charge in [0.1, 0.15) is 5.82 Å². The number of nitrogens with two attached hydrogens (primary N) is 2. The van der Waals surface area contributed by atoms with Gasteiger partial charge in [-0.1, -0.05) is 0 Å². The predicted molar refractivity (Wildman–Crippen MR) is 75.5 cm³/mol. The fourth-order valence-corrected chi connectivity index (χ4v) is 2.93.